The van der Waals surface area contributed by atoms with Crippen molar-refractivity contribution < 1.29 is 8.92 Å². The van der Waals surface area contributed by atoms with Crippen molar-refractivity contribution in [3.8, 4) is 0 Å². The summed E-state index contributed by atoms with van der Waals surface area (Å²) in [5, 5.41) is 0. The summed E-state index contributed by atoms with van der Waals surface area (Å²) in [6, 6.07) is 8.35. The van der Waals surface area contributed by atoms with Crippen molar-refractivity contribution in [2.75, 3.05) is 13.2 Å². The number of benzene rings is 1. The van der Waals surface area contributed by atoms with E-state index >= 15 is 0 Å². The third-order valence-corrected chi connectivity index (χ3v) is 3.02. The molecule has 0 bridgehead atoms. The molecule has 2 rings (SSSR count). The van der Waals surface area contributed by atoms with E-state index in [1.165, 1.54) is 17.6 Å². The van der Waals surface area contributed by atoms with Crippen LogP contribution < -0.4 is 0 Å². The van der Waals surface area contributed by atoms with Crippen LogP contribution in [-0.4, -0.2) is 19.3 Å². The van der Waals surface area contributed by atoms with Gasteiger partial charge < -0.3 is 8.92 Å². The fraction of sp³-hybridized carbons (Fsp3) is 0.455. The lowest BCUT2D eigenvalue weighted by Gasteiger charge is -2.07. The number of aryl methyl sites for hydroxylation is 1. The van der Waals surface area contributed by atoms with Gasteiger partial charge in [-0.25, -0.2) is 0 Å². The Morgan fingerprint density at radius 1 is 1.36 bits per heavy atom. The smallest absolute Gasteiger partial charge is 0.0981 e. The third-order valence-electron chi connectivity index (χ3n) is 2.19. The molecular weight excluding hydrogens is 196 g/mol. The molecule has 3 heteroatoms. The first-order chi connectivity index (χ1) is 6.84. The van der Waals surface area contributed by atoms with Gasteiger partial charge in [0.1, 0.15) is 0 Å². The lowest BCUT2D eigenvalue weighted by Crippen LogP contribution is -2.06. The SMILES string of the molecule is Cc1ccc(SOC2CCOC2)cc1. The first-order valence-electron chi connectivity index (χ1n) is 4.82. The summed E-state index contributed by atoms with van der Waals surface area (Å²) in [6.45, 7) is 3.65. The summed E-state index contributed by atoms with van der Waals surface area (Å²) in [7, 11) is 0. The van der Waals surface area contributed by atoms with Gasteiger partial charge in [0.25, 0.3) is 0 Å². The van der Waals surface area contributed by atoms with Crippen LogP contribution in [-0.2, 0) is 8.92 Å². The molecule has 1 saturated heterocycles. The zero-order valence-corrected chi connectivity index (χ0v) is 9.05. The quantitative estimate of drug-likeness (QED) is 0.715. The topological polar surface area (TPSA) is 18.5 Å². The van der Waals surface area contributed by atoms with Crippen LogP contribution >= 0.6 is 12.0 Å². The van der Waals surface area contributed by atoms with Crippen LogP contribution in [0.2, 0.25) is 0 Å². The zero-order valence-electron chi connectivity index (χ0n) is 8.23. The van der Waals surface area contributed by atoms with E-state index in [0.717, 1.165) is 24.5 Å². The van der Waals surface area contributed by atoms with Crippen LogP contribution in [0.25, 0.3) is 0 Å². The Morgan fingerprint density at radius 2 is 2.14 bits per heavy atom. The molecular formula is C11H14O2S. The van der Waals surface area contributed by atoms with Gasteiger partial charge in [-0.15, -0.1) is 0 Å². The van der Waals surface area contributed by atoms with Gasteiger partial charge in [0.2, 0.25) is 0 Å². The molecule has 1 atom stereocenters. The van der Waals surface area contributed by atoms with Crippen molar-refractivity contribution >= 4 is 12.0 Å². The molecule has 0 radical (unpaired) electrons. The van der Waals surface area contributed by atoms with E-state index in [0.29, 0.717) is 0 Å². The average molecular weight is 210 g/mol. The van der Waals surface area contributed by atoms with Crippen LogP contribution in [0.1, 0.15) is 12.0 Å². The number of hydrogen-bond donors (Lipinski definition) is 0. The lowest BCUT2D eigenvalue weighted by atomic mass is 10.2. The summed E-state index contributed by atoms with van der Waals surface area (Å²) < 4.78 is 10.8. The van der Waals surface area contributed by atoms with Gasteiger partial charge in [-0.2, -0.15) is 0 Å². The van der Waals surface area contributed by atoms with Crippen LogP contribution in [0.4, 0.5) is 0 Å². The Hall–Kier alpha value is -0.510. The molecule has 1 heterocycles. The predicted molar refractivity (Wildman–Crippen MR) is 57.3 cm³/mol. The molecule has 2 nitrogen and oxygen atoms in total. The second kappa shape index (κ2) is 4.82. The molecule has 0 aliphatic carbocycles. The predicted octanol–water partition coefficient (Wildman–Crippen LogP) is 2.81. The highest BCUT2D eigenvalue weighted by Gasteiger charge is 2.16. The number of hydrogen-bond acceptors (Lipinski definition) is 3. The summed E-state index contributed by atoms with van der Waals surface area (Å²) in [5.74, 6) is 0. The molecule has 1 fully saturated rings. The van der Waals surface area contributed by atoms with E-state index in [4.69, 9.17) is 8.92 Å². The summed E-state index contributed by atoms with van der Waals surface area (Å²) in [5.41, 5.74) is 1.28. The largest absolute Gasteiger partial charge is 0.379 e. The maximum absolute atomic E-state index is 5.62. The van der Waals surface area contributed by atoms with E-state index in [9.17, 15) is 0 Å². The molecule has 1 aliphatic rings. The van der Waals surface area contributed by atoms with E-state index < -0.39 is 0 Å². The minimum atomic E-state index is 0.265. The van der Waals surface area contributed by atoms with Gasteiger partial charge in [0.15, 0.2) is 0 Å². The Morgan fingerprint density at radius 3 is 2.79 bits per heavy atom. The Labute approximate surface area is 88.8 Å². The van der Waals surface area contributed by atoms with Crippen LogP contribution in [0.5, 0.6) is 0 Å². The second-order valence-corrected chi connectivity index (χ2v) is 4.31. The van der Waals surface area contributed by atoms with Crippen LogP contribution in [0.15, 0.2) is 29.2 Å². The van der Waals surface area contributed by atoms with Gasteiger partial charge in [-0.3, -0.25) is 0 Å². The molecule has 0 spiro atoms. The second-order valence-electron chi connectivity index (χ2n) is 3.48. The van der Waals surface area contributed by atoms with Gasteiger partial charge >= 0.3 is 0 Å². The summed E-state index contributed by atoms with van der Waals surface area (Å²) in [4.78, 5) is 1.16. The highest BCUT2D eigenvalue weighted by atomic mass is 32.2. The molecule has 0 saturated carbocycles. The van der Waals surface area contributed by atoms with Crippen LogP contribution in [0.3, 0.4) is 0 Å². The minimum absolute atomic E-state index is 0.265. The van der Waals surface area contributed by atoms with Crippen molar-refractivity contribution in [1.29, 1.82) is 0 Å². The Balaban J connectivity index is 1.82. The van der Waals surface area contributed by atoms with Crippen molar-refractivity contribution in [1.82, 2.24) is 0 Å². The van der Waals surface area contributed by atoms with E-state index in [2.05, 4.69) is 31.2 Å². The molecule has 1 aromatic rings. The first kappa shape index (κ1) is 10.0. The monoisotopic (exact) mass is 210 g/mol. The normalized spacial score (nSPS) is 21.4. The van der Waals surface area contributed by atoms with E-state index in [1.54, 1.807) is 0 Å². The van der Waals surface area contributed by atoms with E-state index in [-0.39, 0.29) is 6.10 Å². The third kappa shape index (κ3) is 2.74. The minimum Gasteiger partial charge on any atom is -0.379 e. The molecule has 0 N–H and O–H groups in total. The average Bonchev–Trinajstić information content (AvgIpc) is 2.70. The van der Waals surface area contributed by atoms with Gasteiger partial charge in [-0.05, 0) is 19.1 Å². The van der Waals surface area contributed by atoms with Gasteiger partial charge in [-0.1, -0.05) is 17.7 Å². The summed E-state index contributed by atoms with van der Waals surface area (Å²) in [6.07, 6.45) is 1.28. The summed E-state index contributed by atoms with van der Waals surface area (Å²) >= 11 is 1.45. The zero-order chi connectivity index (χ0) is 9.80. The van der Waals surface area contributed by atoms with Crippen molar-refractivity contribution in [3.05, 3.63) is 29.8 Å². The molecule has 0 aromatic heterocycles. The lowest BCUT2D eigenvalue weighted by molar-refractivity contribution is 0.154. The molecule has 1 aromatic carbocycles. The van der Waals surface area contributed by atoms with Crippen molar-refractivity contribution in [2.24, 2.45) is 0 Å². The maximum atomic E-state index is 5.62. The molecule has 14 heavy (non-hydrogen) atoms. The highest BCUT2D eigenvalue weighted by molar-refractivity contribution is 7.94. The highest BCUT2D eigenvalue weighted by Crippen LogP contribution is 2.23. The molecule has 0 amide bonds. The maximum Gasteiger partial charge on any atom is 0.0981 e. The number of rotatable bonds is 3. The van der Waals surface area contributed by atoms with Gasteiger partial charge in [0.05, 0.1) is 12.7 Å². The van der Waals surface area contributed by atoms with Crippen molar-refractivity contribution in [2.45, 2.75) is 24.3 Å². The fourth-order valence-corrected chi connectivity index (χ4v) is 1.95. The molecule has 1 unspecified atom stereocenters. The fourth-order valence-electron chi connectivity index (χ4n) is 1.31. The Kier molecular flexibility index (Phi) is 3.45. The first-order valence-corrected chi connectivity index (χ1v) is 5.56. The standard InChI is InChI=1S/C11H14O2S/c1-9-2-4-11(5-3-9)14-13-10-6-7-12-8-10/h2-5,10H,6-8H2,1H3. The number of ether oxygens (including phenoxy) is 1. The van der Waals surface area contributed by atoms with E-state index in [1.807, 2.05) is 0 Å². The van der Waals surface area contributed by atoms with Crippen LogP contribution in [0, 0.1) is 6.92 Å². The molecule has 1 aliphatic heterocycles. The molecule has 76 valence electrons. The Bertz CT molecular complexity index is 278. The van der Waals surface area contributed by atoms with Crippen molar-refractivity contribution in [3.63, 3.8) is 0 Å². The van der Waals surface area contributed by atoms with Gasteiger partial charge in [0, 0.05) is 30.0 Å².